The van der Waals surface area contributed by atoms with E-state index in [1.165, 1.54) is 47.6 Å². The number of rotatable bonds is 5. The Kier molecular flexibility index (Phi) is 16.6. The van der Waals surface area contributed by atoms with E-state index in [-0.39, 0.29) is 24.3 Å². The van der Waals surface area contributed by atoms with Crippen molar-refractivity contribution in [3.05, 3.63) is 41.5 Å². The number of nitrogens with zero attached hydrogens (tertiary/aromatic N) is 4. The average molecular weight is 800 g/mol. The molecule has 0 fully saturated rings. The Bertz CT molecular complexity index is 1630. The molecule has 2 heterocycles. The van der Waals surface area contributed by atoms with Crippen LogP contribution in [0.25, 0.3) is 0 Å². The van der Waals surface area contributed by atoms with Crippen molar-refractivity contribution in [2.45, 2.75) is 130 Å². The lowest BCUT2D eigenvalue weighted by Gasteiger charge is -2.39. The Labute approximate surface area is 338 Å². The van der Waals surface area contributed by atoms with Crippen LogP contribution in [0.4, 0.5) is 0 Å². The van der Waals surface area contributed by atoms with E-state index in [2.05, 4.69) is 5.32 Å². The van der Waals surface area contributed by atoms with E-state index >= 15 is 0 Å². The largest absolute Gasteiger partial charge is 0.497 e. The van der Waals surface area contributed by atoms with Gasteiger partial charge in [-0.15, -0.1) is 11.8 Å². The summed E-state index contributed by atoms with van der Waals surface area (Å²) in [6.07, 6.45) is 1.95. The maximum absolute atomic E-state index is 14.3. The van der Waals surface area contributed by atoms with E-state index in [9.17, 15) is 29.1 Å². The molecule has 1 aromatic carbocycles. The Balaban J connectivity index is 2.08. The molecular formula is C42H65N5O8S. The van der Waals surface area contributed by atoms with Crippen LogP contribution < -0.4 is 10.1 Å². The first-order chi connectivity index (χ1) is 26.1. The molecular weight excluding hydrogens is 735 g/mol. The molecule has 0 radical (unpaired) electrons. The summed E-state index contributed by atoms with van der Waals surface area (Å²) in [6, 6.07) is 2.85. The van der Waals surface area contributed by atoms with Crippen LogP contribution in [0, 0.1) is 17.3 Å². The van der Waals surface area contributed by atoms with Gasteiger partial charge in [-0.2, -0.15) is 0 Å². The summed E-state index contributed by atoms with van der Waals surface area (Å²) in [5, 5.41) is 14.7. The molecule has 2 aliphatic heterocycles. The fourth-order valence-electron chi connectivity index (χ4n) is 6.88. The summed E-state index contributed by atoms with van der Waals surface area (Å²) >= 11 is 1.44. The van der Waals surface area contributed by atoms with Crippen molar-refractivity contribution in [3.8, 4) is 5.75 Å². The average Bonchev–Trinajstić information content (AvgIpc) is 3.63. The van der Waals surface area contributed by atoms with Crippen LogP contribution in [0.5, 0.6) is 5.75 Å². The highest BCUT2D eigenvalue weighted by atomic mass is 32.2. The first-order valence-electron chi connectivity index (χ1n) is 19.6. The highest BCUT2D eigenvalue weighted by Crippen LogP contribution is 2.32. The van der Waals surface area contributed by atoms with Gasteiger partial charge >= 0.3 is 5.97 Å². The molecule has 1 aromatic rings. The van der Waals surface area contributed by atoms with Crippen LogP contribution in [0.3, 0.4) is 0 Å². The third-order valence-electron chi connectivity index (χ3n) is 11.2. The number of carbonyl (C=O) groups excluding carboxylic acids is 5. The molecule has 0 aliphatic carbocycles. The third kappa shape index (κ3) is 11.8. The van der Waals surface area contributed by atoms with Gasteiger partial charge in [0.15, 0.2) is 0 Å². The van der Waals surface area contributed by atoms with Gasteiger partial charge in [-0.05, 0) is 68.6 Å². The van der Waals surface area contributed by atoms with Gasteiger partial charge in [-0.1, -0.05) is 66.2 Å². The molecule has 56 heavy (non-hydrogen) atoms. The molecule has 0 saturated heterocycles. The van der Waals surface area contributed by atoms with E-state index in [0.717, 1.165) is 5.56 Å². The Morgan fingerprint density at radius 1 is 0.946 bits per heavy atom. The highest BCUT2D eigenvalue weighted by molar-refractivity contribution is 8.14. The molecule has 14 heteroatoms. The molecule has 0 saturated carbocycles. The first kappa shape index (κ1) is 46.5. The molecule has 0 unspecified atom stereocenters. The molecule has 2 N–H and O–H groups in total. The van der Waals surface area contributed by atoms with E-state index in [1.807, 2.05) is 53.7 Å². The number of hydrogen-bond donors (Lipinski definition) is 2. The van der Waals surface area contributed by atoms with Crippen molar-refractivity contribution in [2.24, 2.45) is 22.2 Å². The van der Waals surface area contributed by atoms with Crippen molar-refractivity contribution in [2.75, 3.05) is 34.0 Å². The number of hydrogen-bond acceptors (Lipinski definition) is 10. The zero-order valence-corrected chi connectivity index (χ0v) is 36.4. The summed E-state index contributed by atoms with van der Waals surface area (Å²) < 4.78 is 11.4. The van der Waals surface area contributed by atoms with Gasteiger partial charge in [-0.3, -0.25) is 24.2 Å². The Morgan fingerprint density at radius 3 is 2.12 bits per heavy atom. The van der Waals surface area contributed by atoms with E-state index in [1.54, 1.807) is 46.1 Å². The maximum atomic E-state index is 14.3. The number of aliphatic hydroxyl groups excluding tert-OH is 1. The van der Waals surface area contributed by atoms with Crippen LogP contribution in [-0.4, -0.2) is 131 Å². The normalized spacial score (nSPS) is 30.2. The maximum Gasteiger partial charge on any atom is 0.328 e. The minimum absolute atomic E-state index is 0.0534. The number of benzene rings is 1. The van der Waals surface area contributed by atoms with Crippen molar-refractivity contribution >= 4 is 46.4 Å². The molecule has 13 nitrogen and oxygen atoms in total. The quantitative estimate of drug-likeness (QED) is 0.410. The lowest BCUT2D eigenvalue weighted by molar-refractivity contribution is -0.166. The van der Waals surface area contributed by atoms with Crippen molar-refractivity contribution in [1.82, 2.24) is 20.0 Å². The second-order valence-electron chi connectivity index (χ2n) is 16.7. The number of esters is 1. The van der Waals surface area contributed by atoms with Crippen molar-refractivity contribution < 1.29 is 38.6 Å². The third-order valence-corrected chi connectivity index (χ3v) is 12.4. The van der Waals surface area contributed by atoms with Crippen LogP contribution in [0.1, 0.15) is 87.1 Å². The second-order valence-corrected chi connectivity index (χ2v) is 17.7. The summed E-state index contributed by atoms with van der Waals surface area (Å²) in [6.45, 7) is 16.6. The summed E-state index contributed by atoms with van der Waals surface area (Å²) in [7, 11) is 6.14. The highest BCUT2D eigenvalue weighted by Gasteiger charge is 2.41. The molecule has 312 valence electrons. The van der Waals surface area contributed by atoms with Crippen LogP contribution in [0.15, 0.2) is 40.9 Å². The topological polar surface area (TPSA) is 158 Å². The number of fused-ring (bicyclic) bond motifs is 1. The lowest BCUT2D eigenvalue weighted by atomic mass is 9.82. The zero-order valence-electron chi connectivity index (χ0n) is 35.6. The Morgan fingerprint density at radius 2 is 1.55 bits per heavy atom. The molecule has 2 aliphatic rings. The monoisotopic (exact) mass is 799 g/mol. The molecule has 2 bridgehead atoms. The minimum atomic E-state index is -1.04. The minimum Gasteiger partial charge on any atom is -0.497 e. The van der Waals surface area contributed by atoms with Gasteiger partial charge in [0.05, 0.1) is 18.2 Å². The molecule has 0 aromatic heterocycles. The van der Waals surface area contributed by atoms with Gasteiger partial charge in [-0.25, -0.2) is 4.79 Å². The second kappa shape index (κ2) is 20.0. The number of thioether (sulfide) groups is 1. The number of carbonyl (C=O) groups is 5. The van der Waals surface area contributed by atoms with Gasteiger partial charge in [0.25, 0.3) is 0 Å². The van der Waals surface area contributed by atoms with Crippen molar-refractivity contribution in [3.63, 3.8) is 0 Å². The molecule has 0 spiro atoms. The van der Waals surface area contributed by atoms with Gasteiger partial charge in [0.2, 0.25) is 23.6 Å². The smallest absolute Gasteiger partial charge is 0.328 e. The van der Waals surface area contributed by atoms with Crippen LogP contribution >= 0.6 is 11.8 Å². The molecule has 9 atom stereocenters. The van der Waals surface area contributed by atoms with Crippen molar-refractivity contribution in [1.29, 1.82) is 0 Å². The van der Waals surface area contributed by atoms with Crippen LogP contribution in [-0.2, 0) is 35.1 Å². The summed E-state index contributed by atoms with van der Waals surface area (Å²) in [5.41, 5.74) is 0.690. The number of ether oxygens (including phenoxy) is 2. The predicted octanol–water partition coefficient (Wildman–Crippen LogP) is 4.50. The fourth-order valence-corrected chi connectivity index (χ4v) is 7.89. The van der Waals surface area contributed by atoms with E-state index in [4.69, 9.17) is 14.5 Å². The summed E-state index contributed by atoms with van der Waals surface area (Å²) in [4.78, 5) is 78.9. The number of cyclic esters (lactones) is 1. The first-order valence-corrected chi connectivity index (χ1v) is 20.6. The molecule has 3 rings (SSSR count). The van der Waals surface area contributed by atoms with E-state index < -0.39 is 71.4 Å². The van der Waals surface area contributed by atoms with Gasteiger partial charge in [0, 0.05) is 38.9 Å². The summed E-state index contributed by atoms with van der Waals surface area (Å²) in [5.74, 6) is -1.58. The SMILES string of the molecule is CC[C@H](C)[C@H]1C(=O)N(C)[C@@H](C)C(=O)O[C@H](C(C)(C)C)C[C@@H](C)C[C@H](O)C2=N[C@@H](/C=C(\C)C(=O)N[C@@H](Cc3ccc(OC)cc3)C(=O)N(C)[C@@H](C)C(=O)N1C)CS2. The van der Waals surface area contributed by atoms with E-state index in [0.29, 0.717) is 41.4 Å². The fraction of sp³-hybridized carbons (Fsp3) is 0.667. The number of methoxy groups -OCH3 is 1. The number of likely N-dealkylation sites (N-methyl/N-ethyl adjacent to an activating group) is 3. The Hall–Kier alpha value is -3.91. The number of aliphatic imine (C=N–C) groups is 1. The predicted molar refractivity (Wildman–Crippen MR) is 220 cm³/mol. The number of aliphatic hydroxyl groups is 1. The van der Waals surface area contributed by atoms with Crippen LogP contribution in [0.2, 0.25) is 0 Å². The lowest BCUT2D eigenvalue weighted by Crippen LogP contribution is -2.59. The standard InChI is InChI=1S/C42H65N5O8S/c1-14-25(3)35-40(52)46(11)28(6)41(53)55-34(42(7,8)9)20-24(2)19-33(48)37-43-30(23-56-37)21-26(4)36(49)44-32(22-29-15-17-31(54-13)18-16-29)39(51)45(10)27(5)38(50)47(35)12/h15-18,21,24-25,27-28,30,32-35,48H,14,19-20,22-23H2,1-13H3,(H,44,49)/b26-21+/t24-,25-,27-,28-,30-,32-,33-,34-,35-/m0/s1. The van der Waals surface area contributed by atoms with Gasteiger partial charge < -0.3 is 34.6 Å². The number of nitrogens with one attached hydrogen (secondary N) is 1. The zero-order chi connectivity index (χ0) is 42.2. The number of amides is 4. The van der Waals surface area contributed by atoms with Gasteiger partial charge in [0.1, 0.15) is 42.1 Å². The molecule has 4 amide bonds.